The fraction of sp³-hybridized carbons (Fsp3) is 0.571. The second-order valence-corrected chi connectivity index (χ2v) is 4.46. The lowest BCUT2D eigenvalue weighted by molar-refractivity contribution is 0.279. The summed E-state index contributed by atoms with van der Waals surface area (Å²) in [6.45, 7) is 4.97. The van der Waals surface area contributed by atoms with E-state index in [9.17, 15) is 0 Å². The van der Waals surface area contributed by atoms with Crippen molar-refractivity contribution in [3.8, 4) is 5.75 Å². The molecule has 1 aromatic rings. The van der Waals surface area contributed by atoms with Gasteiger partial charge in [-0.2, -0.15) is 0 Å². The van der Waals surface area contributed by atoms with Crippen LogP contribution in [0.5, 0.6) is 5.75 Å². The minimum absolute atomic E-state index is 0.361. The molecule has 0 aliphatic heterocycles. The van der Waals surface area contributed by atoms with Crippen LogP contribution in [0.2, 0.25) is 0 Å². The Morgan fingerprint density at radius 1 is 1.35 bits per heavy atom. The molecule has 0 spiro atoms. The van der Waals surface area contributed by atoms with E-state index >= 15 is 0 Å². The van der Waals surface area contributed by atoms with Crippen molar-refractivity contribution < 1.29 is 4.74 Å². The lowest BCUT2D eigenvalue weighted by Gasteiger charge is -2.15. The van der Waals surface area contributed by atoms with Crippen LogP contribution in [-0.4, -0.2) is 12.6 Å². The first-order valence-electron chi connectivity index (χ1n) is 6.42. The largest absolute Gasteiger partial charge is 0.494 e. The molecule has 3 nitrogen and oxygen atoms in total. The van der Waals surface area contributed by atoms with Crippen molar-refractivity contribution in [1.82, 2.24) is 5.43 Å². The van der Waals surface area contributed by atoms with Gasteiger partial charge < -0.3 is 4.74 Å². The van der Waals surface area contributed by atoms with Crippen LogP contribution < -0.4 is 16.0 Å². The maximum absolute atomic E-state index is 5.70. The van der Waals surface area contributed by atoms with Crippen molar-refractivity contribution in [3.05, 3.63) is 29.8 Å². The highest BCUT2D eigenvalue weighted by molar-refractivity contribution is 5.27. The zero-order valence-electron chi connectivity index (χ0n) is 10.9. The predicted molar refractivity (Wildman–Crippen MR) is 71.9 cm³/mol. The number of nitrogens with two attached hydrogens (primary N) is 1. The molecule has 0 amide bonds. The summed E-state index contributed by atoms with van der Waals surface area (Å²) < 4.78 is 5.70. The molecule has 1 rings (SSSR count). The van der Waals surface area contributed by atoms with Crippen molar-refractivity contribution in [2.24, 2.45) is 5.84 Å². The number of benzene rings is 1. The van der Waals surface area contributed by atoms with E-state index in [4.69, 9.17) is 10.6 Å². The number of unbranched alkanes of at least 4 members (excludes halogenated alkanes) is 1. The number of ether oxygens (including phenoxy) is 1. The lowest BCUT2D eigenvalue weighted by atomic mass is 10.1. The summed E-state index contributed by atoms with van der Waals surface area (Å²) in [6.07, 6.45) is 4.48. The van der Waals surface area contributed by atoms with Crippen LogP contribution in [0.25, 0.3) is 0 Å². The summed E-state index contributed by atoms with van der Waals surface area (Å²) in [5.74, 6) is 6.45. The van der Waals surface area contributed by atoms with Crippen LogP contribution in [0.3, 0.4) is 0 Å². The van der Waals surface area contributed by atoms with Gasteiger partial charge in [0.05, 0.1) is 6.61 Å². The first kappa shape index (κ1) is 14.0. The minimum atomic E-state index is 0.361. The minimum Gasteiger partial charge on any atom is -0.494 e. The number of aryl methyl sites for hydroxylation is 1. The first-order chi connectivity index (χ1) is 8.26. The summed E-state index contributed by atoms with van der Waals surface area (Å²) in [4.78, 5) is 0. The van der Waals surface area contributed by atoms with Gasteiger partial charge in [-0.05, 0) is 37.5 Å². The van der Waals surface area contributed by atoms with Crippen molar-refractivity contribution in [2.45, 2.75) is 45.6 Å². The fourth-order valence-electron chi connectivity index (χ4n) is 1.79. The highest BCUT2D eigenvalue weighted by Gasteiger charge is 2.05. The van der Waals surface area contributed by atoms with Gasteiger partial charge in [0.2, 0.25) is 0 Å². The molecule has 0 saturated carbocycles. The Kier molecular flexibility index (Phi) is 6.67. The Balaban J connectivity index is 2.26. The zero-order chi connectivity index (χ0) is 12.5. The molecule has 0 aromatic heterocycles. The molecule has 3 N–H and O–H groups in total. The van der Waals surface area contributed by atoms with Crippen LogP contribution in [0.1, 0.15) is 38.2 Å². The van der Waals surface area contributed by atoms with Crippen LogP contribution in [0.15, 0.2) is 24.3 Å². The second kappa shape index (κ2) is 8.09. The van der Waals surface area contributed by atoms with Gasteiger partial charge in [0, 0.05) is 6.04 Å². The van der Waals surface area contributed by atoms with Gasteiger partial charge in [0.25, 0.3) is 0 Å². The molecule has 0 heterocycles. The first-order valence-corrected chi connectivity index (χ1v) is 6.42. The van der Waals surface area contributed by atoms with Crippen molar-refractivity contribution in [3.63, 3.8) is 0 Å². The third-order valence-corrected chi connectivity index (χ3v) is 2.87. The molecule has 0 aliphatic rings. The summed E-state index contributed by atoms with van der Waals surface area (Å²) in [5.41, 5.74) is 4.08. The summed E-state index contributed by atoms with van der Waals surface area (Å²) in [6, 6.07) is 8.49. The van der Waals surface area contributed by atoms with Crippen molar-refractivity contribution in [2.75, 3.05) is 6.61 Å². The lowest BCUT2D eigenvalue weighted by Crippen LogP contribution is -2.36. The normalized spacial score (nSPS) is 12.4. The van der Waals surface area contributed by atoms with Crippen LogP contribution in [-0.2, 0) is 0 Å². The molecule has 0 aliphatic carbocycles. The van der Waals surface area contributed by atoms with Gasteiger partial charge in [-0.25, -0.2) is 0 Å². The maximum Gasteiger partial charge on any atom is 0.119 e. The molecule has 3 heteroatoms. The molecular weight excluding hydrogens is 212 g/mol. The summed E-state index contributed by atoms with van der Waals surface area (Å²) >= 11 is 0. The molecule has 96 valence electrons. The Labute approximate surface area is 104 Å². The van der Waals surface area contributed by atoms with Gasteiger partial charge in [-0.3, -0.25) is 11.3 Å². The molecule has 1 atom stereocenters. The van der Waals surface area contributed by atoms with E-state index in [1.54, 1.807) is 0 Å². The monoisotopic (exact) mass is 236 g/mol. The van der Waals surface area contributed by atoms with E-state index < -0.39 is 0 Å². The fourth-order valence-corrected chi connectivity index (χ4v) is 1.79. The number of hydrogen-bond acceptors (Lipinski definition) is 3. The second-order valence-electron chi connectivity index (χ2n) is 4.46. The SMILES string of the molecule is CCCCC(CCOc1cccc(C)c1)NN. The van der Waals surface area contributed by atoms with Crippen LogP contribution >= 0.6 is 0 Å². The molecule has 0 radical (unpaired) electrons. The van der Waals surface area contributed by atoms with E-state index in [-0.39, 0.29) is 0 Å². The average Bonchev–Trinajstić information content (AvgIpc) is 2.33. The Hall–Kier alpha value is -1.06. The molecule has 0 saturated heterocycles. The molecule has 0 bridgehead atoms. The topological polar surface area (TPSA) is 47.3 Å². The van der Waals surface area contributed by atoms with Crippen molar-refractivity contribution in [1.29, 1.82) is 0 Å². The molecule has 17 heavy (non-hydrogen) atoms. The van der Waals surface area contributed by atoms with Gasteiger partial charge in [-0.1, -0.05) is 31.9 Å². The van der Waals surface area contributed by atoms with Gasteiger partial charge in [0.1, 0.15) is 5.75 Å². The average molecular weight is 236 g/mol. The number of hydrogen-bond donors (Lipinski definition) is 2. The molecule has 1 unspecified atom stereocenters. The van der Waals surface area contributed by atoms with E-state index in [1.165, 1.54) is 18.4 Å². The zero-order valence-corrected chi connectivity index (χ0v) is 10.9. The third-order valence-electron chi connectivity index (χ3n) is 2.87. The van der Waals surface area contributed by atoms with Gasteiger partial charge >= 0.3 is 0 Å². The maximum atomic E-state index is 5.70. The molecule has 0 fully saturated rings. The Morgan fingerprint density at radius 2 is 2.18 bits per heavy atom. The van der Waals surface area contributed by atoms with E-state index in [0.717, 1.165) is 18.6 Å². The Morgan fingerprint density at radius 3 is 2.82 bits per heavy atom. The molecule has 1 aromatic carbocycles. The summed E-state index contributed by atoms with van der Waals surface area (Å²) in [7, 11) is 0. The highest BCUT2D eigenvalue weighted by atomic mass is 16.5. The van der Waals surface area contributed by atoms with E-state index in [2.05, 4.69) is 31.4 Å². The number of hydrazine groups is 1. The summed E-state index contributed by atoms with van der Waals surface area (Å²) in [5, 5.41) is 0. The van der Waals surface area contributed by atoms with Gasteiger partial charge in [0.15, 0.2) is 0 Å². The van der Waals surface area contributed by atoms with Crippen molar-refractivity contribution >= 4 is 0 Å². The predicted octanol–water partition coefficient (Wildman–Crippen LogP) is 2.79. The standard InChI is InChI=1S/C14H24N2O/c1-3-4-7-13(16-15)9-10-17-14-8-5-6-12(2)11-14/h5-6,8,11,13,16H,3-4,7,9-10,15H2,1-2H3. The third kappa shape index (κ3) is 5.71. The quantitative estimate of drug-likeness (QED) is 0.539. The Bertz CT molecular complexity index is 315. The van der Waals surface area contributed by atoms with E-state index in [1.807, 2.05) is 12.1 Å². The smallest absolute Gasteiger partial charge is 0.119 e. The van der Waals surface area contributed by atoms with Gasteiger partial charge in [-0.15, -0.1) is 0 Å². The molecular formula is C14H24N2O. The van der Waals surface area contributed by atoms with Crippen LogP contribution in [0.4, 0.5) is 0 Å². The highest BCUT2D eigenvalue weighted by Crippen LogP contribution is 2.13. The van der Waals surface area contributed by atoms with Crippen LogP contribution in [0, 0.1) is 6.92 Å². The number of rotatable bonds is 8. The van der Waals surface area contributed by atoms with E-state index in [0.29, 0.717) is 12.6 Å². The number of nitrogens with one attached hydrogen (secondary N) is 1.